The summed E-state index contributed by atoms with van der Waals surface area (Å²) in [5.41, 5.74) is 7.23. The molecule has 0 bridgehead atoms. The SMILES string of the molecule is CCCC(C(=O)Nc1cncc(C)c1)C(N)=S. The lowest BCUT2D eigenvalue weighted by Crippen LogP contribution is -2.33. The molecule has 4 nitrogen and oxygen atoms in total. The molecule has 0 spiro atoms. The average Bonchev–Trinajstić information content (AvgIpc) is 2.25. The van der Waals surface area contributed by atoms with E-state index in [1.807, 2.05) is 19.9 Å². The predicted octanol–water partition coefficient (Wildman–Crippen LogP) is 2.03. The number of thiocarbonyl (C=S) groups is 1. The number of aromatic nitrogens is 1. The van der Waals surface area contributed by atoms with Crippen LogP contribution in [0, 0.1) is 12.8 Å². The second-order valence-corrected chi connectivity index (χ2v) is 4.46. The Hall–Kier alpha value is -1.49. The van der Waals surface area contributed by atoms with Crippen molar-refractivity contribution in [1.29, 1.82) is 0 Å². The summed E-state index contributed by atoms with van der Waals surface area (Å²) >= 11 is 4.90. The van der Waals surface area contributed by atoms with Crippen LogP contribution in [0.15, 0.2) is 18.5 Å². The highest BCUT2D eigenvalue weighted by molar-refractivity contribution is 7.80. The number of aryl methyl sites for hydroxylation is 1. The van der Waals surface area contributed by atoms with Crippen LogP contribution in [0.5, 0.6) is 0 Å². The van der Waals surface area contributed by atoms with Crippen LogP contribution in [-0.4, -0.2) is 15.9 Å². The summed E-state index contributed by atoms with van der Waals surface area (Å²) in [5.74, 6) is -0.567. The van der Waals surface area contributed by atoms with Gasteiger partial charge in [-0.2, -0.15) is 0 Å². The van der Waals surface area contributed by atoms with Crippen molar-refractivity contribution in [3.63, 3.8) is 0 Å². The van der Waals surface area contributed by atoms with Crippen LogP contribution in [0.4, 0.5) is 5.69 Å². The third kappa shape index (κ3) is 4.11. The number of amides is 1. The fraction of sp³-hybridized carbons (Fsp3) is 0.417. The third-order valence-electron chi connectivity index (χ3n) is 2.38. The van der Waals surface area contributed by atoms with Crippen LogP contribution in [0.2, 0.25) is 0 Å². The topological polar surface area (TPSA) is 68.0 Å². The quantitative estimate of drug-likeness (QED) is 0.786. The van der Waals surface area contributed by atoms with E-state index in [1.54, 1.807) is 12.4 Å². The van der Waals surface area contributed by atoms with Gasteiger partial charge in [-0.25, -0.2) is 0 Å². The second kappa shape index (κ2) is 6.30. The largest absolute Gasteiger partial charge is 0.393 e. The minimum atomic E-state index is -0.407. The highest BCUT2D eigenvalue weighted by Gasteiger charge is 2.20. The van der Waals surface area contributed by atoms with Gasteiger partial charge in [0.2, 0.25) is 5.91 Å². The van der Waals surface area contributed by atoms with E-state index in [4.69, 9.17) is 18.0 Å². The fourth-order valence-electron chi connectivity index (χ4n) is 1.54. The summed E-state index contributed by atoms with van der Waals surface area (Å²) in [5, 5.41) is 2.78. The van der Waals surface area contributed by atoms with E-state index in [9.17, 15) is 4.79 Å². The fourth-order valence-corrected chi connectivity index (χ4v) is 1.77. The third-order valence-corrected chi connectivity index (χ3v) is 2.66. The zero-order chi connectivity index (χ0) is 12.8. The molecule has 17 heavy (non-hydrogen) atoms. The van der Waals surface area contributed by atoms with Gasteiger partial charge >= 0.3 is 0 Å². The van der Waals surface area contributed by atoms with E-state index in [-0.39, 0.29) is 10.9 Å². The number of anilines is 1. The van der Waals surface area contributed by atoms with Crippen molar-refractivity contribution in [2.45, 2.75) is 26.7 Å². The maximum atomic E-state index is 11.9. The maximum absolute atomic E-state index is 11.9. The zero-order valence-corrected chi connectivity index (χ0v) is 10.9. The number of pyridine rings is 1. The van der Waals surface area contributed by atoms with Crippen molar-refractivity contribution >= 4 is 28.8 Å². The van der Waals surface area contributed by atoms with Gasteiger partial charge in [0.1, 0.15) is 0 Å². The Balaban J connectivity index is 2.73. The number of carbonyl (C=O) groups is 1. The van der Waals surface area contributed by atoms with E-state index >= 15 is 0 Å². The molecule has 1 amide bonds. The summed E-state index contributed by atoms with van der Waals surface area (Å²) in [4.78, 5) is 16.2. The van der Waals surface area contributed by atoms with E-state index in [0.717, 1.165) is 12.0 Å². The van der Waals surface area contributed by atoms with Crippen LogP contribution in [0.3, 0.4) is 0 Å². The second-order valence-electron chi connectivity index (χ2n) is 3.98. The Morgan fingerprint density at radius 3 is 2.82 bits per heavy atom. The van der Waals surface area contributed by atoms with E-state index in [1.165, 1.54) is 0 Å². The smallest absolute Gasteiger partial charge is 0.234 e. The lowest BCUT2D eigenvalue weighted by Gasteiger charge is -2.14. The molecule has 0 aliphatic rings. The molecule has 0 aliphatic carbocycles. The predicted molar refractivity (Wildman–Crippen MR) is 72.8 cm³/mol. The minimum Gasteiger partial charge on any atom is -0.393 e. The van der Waals surface area contributed by atoms with Gasteiger partial charge in [-0.3, -0.25) is 9.78 Å². The zero-order valence-electron chi connectivity index (χ0n) is 10.1. The number of hydrogen-bond acceptors (Lipinski definition) is 3. The average molecular weight is 251 g/mol. The van der Waals surface area contributed by atoms with Gasteiger partial charge in [-0.15, -0.1) is 0 Å². The Kier molecular flexibility index (Phi) is 5.03. The molecule has 1 unspecified atom stereocenters. The van der Waals surface area contributed by atoms with E-state index in [2.05, 4.69) is 10.3 Å². The summed E-state index contributed by atoms with van der Waals surface area (Å²) < 4.78 is 0. The summed E-state index contributed by atoms with van der Waals surface area (Å²) in [6.07, 6.45) is 4.86. The molecule has 5 heteroatoms. The van der Waals surface area contributed by atoms with Gasteiger partial charge in [0.25, 0.3) is 0 Å². The van der Waals surface area contributed by atoms with Crippen LogP contribution < -0.4 is 11.1 Å². The number of nitrogens with zero attached hydrogens (tertiary/aromatic N) is 1. The molecule has 1 heterocycles. The number of nitrogens with one attached hydrogen (secondary N) is 1. The van der Waals surface area contributed by atoms with Crippen molar-refractivity contribution in [2.24, 2.45) is 11.7 Å². The van der Waals surface area contributed by atoms with Crippen LogP contribution >= 0.6 is 12.2 Å². The van der Waals surface area contributed by atoms with Crippen molar-refractivity contribution in [3.8, 4) is 0 Å². The molecule has 92 valence electrons. The molecule has 0 aliphatic heterocycles. The first-order valence-electron chi connectivity index (χ1n) is 5.56. The maximum Gasteiger partial charge on any atom is 0.234 e. The molecule has 1 atom stereocenters. The van der Waals surface area contributed by atoms with Crippen LogP contribution in [-0.2, 0) is 4.79 Å². The summed E-state index contributed by atoms with van der Waals surface area (Å²) in [7, 11) is 0. The lowest BCUT2D eigenvalue weighted by molar-refractivity contribution is -0.118. The summed E-state index contributed by atoms with van der Waals surface area (Å²) in [6.45, 7) is 3.91. The van der Waals surface area contributed by atoms with Crippen LogP contribution in [0.1, 0.15) is 25.3 Å². The van der Waals surface area contributed by atoms with Gasteiger partial charge in [0, 0.05) is 6.20 Å². The highest BCUT2D eigenvalue weighted by atomic mass is 32.1. The Morgan fingerprint density at radius 2 is 2.29 bits per heavy atom. The summed E-state index contributed by atoms with van der Waals surface area (Å²) in [6, 6.07) is 1.85. The molecule has 0 saturated heterocycles. The molecular weight excluding hydrogens is 234 g/mol. The Morgan fingerprint density at radius 1 is 1.59 bits per heavy atom. The first kappa shape index (κ1) is 13.6. The van der Waals surface area contributed by atoms with Gasteiger partial charge in [0.05, 0.1) is 22.8 Å². The van der Waals surface area contributed by atoms with Crippen LogP contribution in [0.25, 0.3) is 0 Å². The number of carbonyl (C=O) groups excluding carboxylic acids is 1. The number of hydrogen-bond donors (Lipinski definition) is 2. The van der Waals surface area contributed by atoms with Gasteiger partial charge < -0.3 is 11.1 Å². The molecule has 0 saturated carbocycles. The van der Waals surface area contributed by atoms with Crippen molar-refractivity contribution in [1.82, 2.24) is 4.98 Å². The standard InChI is InChI=1S/C12H17N3OS/c1-3-4-10(11(13)17)12(16)15-9-5-8(2)6-14-7-9/h5-7,10H,3-4H2,1-2H3,(H2,13,17)(H,15,16). The normalized spacial score (nSPS) is 11.9. The van der Waals surface area contributed by atoms with Crippen molar-refractivity contribution in [3.05, 3.63) is 24.0 Å². The lowest BCUT2D eigenvalue weighted by atomic mass is 10.0. The molecule has 3 N–H and O–H groups in total. The Bertz CT molecular complexity index is 420. The molecular formula is C12H17N3OS. The number of nitrogens with two attached hydrogens (primary N) is 1. The van der Waals surface area contributed by atoms with E-state index in [0.29, 0.717) is 12.1 Å². The molecule has 0 aromatic carbocycles. The monoisotopic (exact) mass is 251 g/mol. The molecule has 1 aromatic heterocycles. The van der Waals surface area contributed by atoms with Gasteiger partial charge in [-0.1, -0.05) is 25.6 Å². The van der Waals surface area contributed by atoms with Gasteiger partial charge in [-0.05, 0) is 25.0 Å². The Labute approximate surface area is 107 Å². The van der Waals surface area contributed by atoms with Gasteiger partial charge in [0.15, 0.2) is 0 Å². The van der Waals surface area contributed by atoms with Crippen molar-refractivity contribution in [2.75, 3.05) is 5.32 Å². The molecule has 0 radical (unpaired) electrons. The molecule has 1 rings (SSSR count). The van der Waals surface area contributed by atoms with Crippen molar-refractivity contribution < 1.29 is 4.79 Å². The first-order chi connectivity index (χ1) is 8.04. The number of rotatable bonds is 5. The highest BCUT2D eigenvalue weighted by Crippen LogP contribution is 2.13. The minimum absolute atomic E-state index is 0.160. The van der Waals surface area contributed by atoms with E-state index < -0.39 is 5.92 Å². The molecule has 0 fully saturated rings. The molecule has 1 aromatic rings. The first-order valence-corrected chi connectivity index (χ1v) is 5.97.